The molecule has 0 bridgehead atoms. The number of pyridine rings is 1. The summed E-state index contributed by atoms with van der Waals surface area (Å²) in [4.78, 5) is 6.79. The van der Waals surface area contributed by atoms with Crippen LogP contribution in [-0.4, -0.2) is 32.7 Å². The molecule has 0 spiro atoms. The lowest BCUT2D eigenvalue weighted by Crippen LogP contribution is -2.42. The van der Waals surface area contributed by atoms with Gasteiger partial charge in [0.1, 0.15) is 10.7 Å². The van der Waals surface area contributed by atoms with Gasteiger partial charge >= 0.3 is 0 Å². The first-order valence-electron chi connectivity index (χ1n) is 6.76. The molecule has 1 fully saturated rings. The minimum Gasteiger partial charge on any atom is -0.355 e. The molecule has 0 amide bonds. The monoisotopic (exact) mass is 282 g/mol. The molecule has 1 aromatic rings. The molecule has 5 heteroatoms. The lowest BCUT2D eigenvalue weighted by molar-refractivity contribution is 0.250. The molecular weight excluding hydrogens is 260 g/mol. The summed E-state index contributed by atoms with van der Waals surface area (Å²) in [5.41, 5.74) is 0.255. The van der Waals surface area contributed by atoms with Crippen LogP contribution in [0, 0.1) is 5.41 Å². The van der Waals surface area contributed by atoms with Gasteiger partial charge in [-0.3, -0.25) is 0 Å². The van der Waals surface area contributed by atoms with Crippen molar-refractivity contribution < 1.29 is 8.42 Å². The van der Waals surface area contributed by atoms with E-state index in [9.17, 15) is 8.42 Å². The van der Waals surface area contributed by atoms with Gasteiger partial charge in [0.25, 0.3) is 0 Å². The molecule has 1 aliphatic heterocycles. The van der Waals surface area contributed by atoms with Crippen molar-refractivity contribution in [2.24, 2.45) is 5.41 Å². The quantitative estimate of drug-likeness (QED) is 0.854. The number of hydrogen-bond acceptors (Lipinski definition) is 4. The van der Waals surface area contributed by atoms with E-state index >= 15 is 0 Å². The van der Waals surface area contributed by atoms with Gasteiger partial charge in [0, 0.05) is 25.5 Å². The molecule has 4 nitrogen and oxygen atoms in total. The van der Waals surface area contributed by atoms with Crippen LogP contribution in [0.5, 0.6) is 0 Å². The second-order valence-electron chi connectivity index (χ2n) is 5.79. The van der Waals surface area contributed by atoms with Crippen molar-refractivity contribution in [2.75, 3.05) is 24.2 Å². The largest absolute Gasteiger partial charge is 0.355 e. The standard InChI is InChI=1S/C14H22N2O2S/c1-4-14(2)8-6-10-16(11-14)13-12(19(3,17)18)7-5-9-15-13/h5,7,9H,4,6,8,10-11H2,1-3H3. The first-order chi connectivity index (χ1) is 8.86. The number of sulfone groups is 1. The van der Waals surface area contributed by atoms with E-state index in [4.69, 9.17) is 0 Å². The van der Waals surface area contributed by atoms with E-state index < -0.39 is 9.84 Å². The van der Waals surface area contributed by atoms with E-state index in [1.807, 2.05) is 0 Å². The average Bonchev–Trinajstić information content (AvgIpc) is 2.38. The molecule has 1 saturated heterocycles. The molecule has 1 aliphatic rings. The number of rotatable bonds is 3. The summed E-state index contributed by atoms with van der Waals surface area (Å²) in [6.07, 6.45) is 6.30. The summed E-state index contributed by atoms with van der Waals surface area (Å²) in [6.45, 7) is 6.22. The van der Waals surface area contributed by atoms with Crippen LogP contribution < -0.4 is 4.90 Å². The fourth-order valence-electron chi connectivity index (χ4n) is 2.69. The van der Waals surface area contributed by atoms with Crippen molar-refractivity contribution in [3.8, 4) is 0 Å². The predicted octanol–water partition coefficient (Wildman–Crippen LogP) is 2.50. The van der Waals surface area contributed by atoms with Crippen molar-refractivity contribution in [2.45, 2.75) is 38.0 Å². The van der Waals surface area contributed by atoms with Crippen LogP contribution in [-0.2, 0) is 9.84 Å². The fourth-order valence-corrected chi connectivity index (χ4v) is 3.53. The Balaban J connectivity index is 2.37. The summed E-state index contributed by atoms with van der Waals surface area (Å²) in [6, 6.07) is 3.33. The van der Waals surface area contributed by atoms with Gasteiger partial charge < -0.3 is 4.90 Å². The van der Waals surface area contributed by atoms with E-state index in [0.29, 0.717) is 10.7 Å². The summed E-state index contributed by atoms with van der Waals surface area (Å²) in [7, 11) is -3.23. The van der Waals surface area contributed by atoms with Gasteiger partial charge in [0.05, 0.1) is 0 Å². The van der Waals surface area contributed by atoms with Gasteiger partial charge in [0.15, 0.2) is 9.84 Å². The minimum absolute atomic E-state index is 0.255. The maximum Gasteiger partial charge on any atom is 0.179 e. The molecule has 0 N–H and O–H groups in total. The third kappa shape index (κ3) is 3.08. The number of hydrogen-bond donors (Lipinski definition) is 0. The normalized spacial score (nSPS) is 24.5. The third-order valence-electron chi connectivity index (χ3n) is 4.08. The Morgan fingerprint density at radius 2 is 2.21 bits per heavy atom. The van der Waals surface area contributed by atoms with Crippen LogP contribution in [0.4, 0.5) is 5.82 Å². The molecule has 19 heavy (non-hydrogen) atoms. The zero-order chi connectivity index (χ0) is 14.1. The van der Waals surface area contributed by atoms with Crippen LogP contribution in [0.2, 0.25) is 0 Å². The number of anilines is 1. The molecule has 0 radical (unpaired) electrons. The fraction of sp³-hybridized carbons (Fsp3) is 0.643. The van der Waals surface area contributed by atoms with Gasteiger partial charge in [-0.15, -0.1) is 0 Å². The molecule has 0 saturated carbocycles. The smallest absolute Gasteiger partial charge is 0.179 e. The van der Waals surface area contributed by atoms with Crippen LogP contribution in [0.1, 0.15) is 33.1 Å². The first-order valence-corrected chi connectivity index (χ1v) is 8.65. The molecular formula is C14H22N2O2S. The highest BCUT2D eigenvalue weighted by Crippen LogP contribution is 2.35. The van der Waals surface area contributed by atoms with Crippen molar-refractivity contribution >= 4 is 15.7 Å². The highest BCUT2D eigenvalue weighted by Gasteiger charge is 2.31. The summed E-state index contributed by atoms with van der Waals surface area (Å²) >= 11 is 0. The Morgan fingerprint density at radius 3 is 2.84 bits per heavy atom. The third-order valence-corrected chi connectivity index (χ3v) is 5.20. The molecule has 106 valence electrons. The molecule has 2 heterocycles. The Bertz CT molecular complexity index is 556. The van der Waals surface area contributed by atoms with E-state index in [1.165, 1.54) is 12.7 Å². The lowest BCUT2D eigenvalue weighted by Gasteiger charge is -2.41. The van der Waals surface area contributed by atoms with Gasteiger partial charge in [-0.05, 0) is 36.8 Å². The summed E-state index contributed by atoms with van der Waals surface area (Å²) in [5.74, 6) is 0.615. The number of nitrogens with zero attached hydrogens (tertiary/aromatic N) is 2. The average molecular weight is 282 g/mol. The van der Waals surface area contributed by atoms with E-state index in [-0.39, 0.29) is 5.41 Å². The highest BCUT2D eigenvalue weighted by molar-refractivity contribution is 7.90. The topological polar surface area (TPSA) is 50.3 Å². The highest BCUT2D eigenvalue weighted by atomic mass is 32.2. The zero-order valence-electron chi connectivity index (χ0n) is 11.9. The second-order valence-corrected chi connectivity index (χ2v) is 7.77. The van der Waals surface area contributed by atoms with Gasteiger partial charge in [-0.1, -0.05) is 13.8 Å². The molecule has 1 aromatic heterocycles. The molecule has 0 aromatic carbocycles. The van der Waals surface area contributed by atoms with Crippen molar-refractivity contribution in [3.63, 3.8) is 0 Å². The van der Waals surface area contributed by atoms with Gasteiger partial charge in [-0.2, -0.15) is 0 Å². The number of aromatic nitrogens is 1. The first kappa shape index (κ1) is 14.3. The van der Waals surface area contributed by atoms with Crippen molar-refractivity contribution in [3.05, 3.63) is 18.3 Å². The van der Waals surface area contributed by atoms with E-state index in [1.54, 1.807) is 18.3 Å². The van der Waals surface area contributed by atoms with Crippen LogP contribution in [0.25, 0.3) is 0 Å². The molecule has 1 atom stereocenters. The zero-order valence-corrected chi connectivity index (χ0v) is 12.7. The number of piperidine rings is 1. The van der Waals surface area contributed by atoms with E-state index in [0.717, 1.165) is 25.9 Å². The van der Waals surface area contributed by atoms with E-state index in [2.05, 4.69) is 23.7 Å². The SMILES string of the molecule is CCC1(C)CCCN(c2ncccc2S(C)(=O)=O)C1. The lowest BCUT2D eigenvalue weighted by atomic mass is 9.80. The Morgan fingerprint density at radius 1 is 1.47 bits per heavy atom. The van der Waals surface area contributed by atoms with Crippen molar-refractivity contribution in [1.82, 2.24) is 4.98 Å². The van der Waals surface area contributed by atoms with Crippen LogP contribution in [0.15, 0.2) is 23.2 Å². The second kappa shape index (κ2) is 5.12. The van der Waals surface area contributed by atoms with Crippen LogP contribution in [0.3, 0.4) is 0 Å². The Kier molecular flexibility index (Phi) is 3.85. The predicted molar refractivity (Wildman–Crippen MR) is 77.2 cm³/mol. The minimum atomic E-state index is -3.23. The van der Waals surface area contributed by atoms with Gasteiger partial charge in [0.2, 0.25) is 0 Å². The summed E-state index contributed by atoms with van der Waals surface area (Å²) < 4.78 is 23.7. The maximum absolute atomic E-state index is 11.9. The maximum atomic E-state index is 11.9. The van der Waals surface area contributed by atoms with Crippen molar-refractivity contribution in [1.29, 1.82) is 0 Å². The van der Waals surface area contributed by atoms with Gasteiger partial charge in [-0.25, -0.2) is 13.4 Å². The Labute approximate surface area is 115 Å². The molecule has 1 unspecified atom stereocenters. The molecule has 0 aliphatic carbocycles. The molecule has 2 rings (SSSR count). The van der Waals surface area contributed by atoms with Crippen LogP contribution >= 0.6 is 0 Å². The Hall–Kier alpha value is -1.10. The summed E-state index contributed by atoms with van der Waals surface area (Å²) in [5, 5.41) is 0.